The molecule has 0 aromatic heterocycles. The minimum absolute atomic E-state index is 0.0352. The lowest BCUT2D eigenvalue weighted by molar-refractivity contribution is 0.00413. The van der Waals surface area contributed by atoms with Crippen LogP contribution in [0.1, 0.15) is 5.56 Å². The normalized spacial score (nSPS) is 12.2. The predicted molar refractivity (Wildman–Crippen MR) is 81.7 cm³/mol. The molecule has 0 saturated carbocycles. The molecule has 0 heterocycles. The molecule has 0 saturated heterocycles. The lowest BCUT2D eigenvalue weighted by Gasteiger charge is -2.13. The van der Waals surface area contributed by atoms with Crippen molar-refractivity contribution in [1.29, 1.82) is 0 Å². The van der Waals surface area contributed by atoms with Crippen molar-refractivity contribution in [3.05, 3.63) is 64.1 Å². The molecule has 0 radical (unpaired) electrons. The molecule has 0 amide bonds. The summed E-state index contributed by atoms with van der Waals surface area (Å²) < 4.78 is 37.9. The van der Waals surface area contributed by atoms with Crippen molar-refractivity contribution in [2.75, 3.05) is 13.2 Å². The molecule has 0 spiro atoms. The molecule has 118 valence electrons. The molecule has 22 heavy (non-hydrogen) atoms. The number of aliphatic hydroxyl groups excluding tert-OH is 1. The minimum Gasteiger partial charge on any atom is -0.488 e. The van der Waals surface area contributed by atoms with Crippen LogP contribution in [0.4, 0.5) is 8.78 Å². The lowest BCUT2D eigenvalue weighted by Crippen LogP contribution is -2.23. The van der Waals surface area contributed by atoms with Crippen molar-refractivity contribution >= 4 is 15.9 Å². The van der Waals surface area contributed by atoms with Gasteiger partial charge in [0.2, 0.25) is 0 Å². The topological polar surface area (TPSA) is 38.7 Å². The summed E-state index contributed by atoms with van der Waals surface area (Å²) in [7, 11) is 0. The molecule has 6 heteroatoms. The fourth-order valence-corrected chi connectivity index (χ4v) is 2.08. The average Bonchev–Trinajstić information content (AvgIpc) is 2.48. The van der Waals surface area contributed by atoms with Crippen LogP contribution in [0.15, 0.2) is 46.9 Å². The predicted octanol–water partition coefficient (Wildman–Crippen LogP) is 3.68. The number of ether oxygens (including phenoxy) is 2. The van der Waals surface area contributed by atoms with Gasteiger partial charge in [0.1, 0.15) is 18.5 Å². The second-order valence-electron chi connectivity index (χ2n) is 4.65. The zero-order chi connectivity index (χ0) is 15.9. The summed E-state index contributed by atoms with van der Waals surface area (Å²) in [4.78, 5) is 0. The van der Waals surface area contributed by atoms with Crippen LogP contribution in [0.3, 0.4) is 0 Å². The Morgan fingerprint density at radius 1 is 1.05 bits per heavy atom. The summed E-state index contributed by atoms with van der Waals surface area (Å²) in [6.07, 6.45) is -0.935. The van der Waals surface area contributed by atoms with Gasteiger partial charge in [0.25, 0.3) is 0 Å². The molecule has 2 aromatic rings. The number of hydrogen-bond donors (Lipinski definition) is 1. The van der Waals surface area contributed by atoms with Crippen LogP contribution < -0.4 is 4.74 Å². The maximum Gasteiger partial charge on any atom is 0.166 e. The van der Waals surface area contributed by atoms with Crippen molar-refractivity contribution in [3.63, 3.8) is 0 Å². The lowest BCUT2D eigenvalue weighted by atomic mass is 10.2. The van der Waals surface area contributed by atoms with Gasteiger partial charge in [0.15, 0.2) is 11.6 Å². The van der Waals surface area contributed by atoms with E-state index in [-0.39, 0.29) is 31.4 Å². The molecule has 0 aliphatic rings. The third-order valence-corrected chi connectivity index (χ3v) is 3.34. The van der Waals surface area contributed by atoms with Gasteiger partial charge in [-0.3, -0.25) is 0 Å². The molecule has 0 fully saturated rings. The van der Waals surface area contributed by atoms with Crippen LogP contribution in [0.5, 0.6) is 5.75 Å². The Hall–Kier alpha value is -1.50. The second-order valence-corrected chi connectivity index (χ2v) is 5.56. The summed E-state index contributed by atoms with van der Waals surface area (Å²) in [5.74, 6) is -0.824. The highest BCUT2D eigenvalue weighted by molar-refractivity contribution is 9.10. The summed E-state index contributed by atoms with van der Waals surface area (Å²) in [6, 6.07) is 10.6. The third kappa shape index (κ3) is 5.05. The summed E-state index contributed by atoms with van der Waals surface area (Å²) in [6.45, 7) is -0.0985. The van der Waals surface area contributed by atoms with E-state index in [1.807, 2.05) is 0 Å². The van der Waals surface area contributed by atoms with E-state index in [0.717, 1.165) is 0 Å². The van der Waals surface area contributed by atoms with E-state index in [0.29, 0.717) is 10.0 Å². The Balaban J connectivity index is 1.74. The number of hydrogen-bond acceptors (Lipinski definition) is 3. The van der Waals surface area contributed by atoms with E-state index in [1.54, 1.807) is 24.3 Å². The molecule has 0 aliphatic carbocycles. The van der Waals surface area contributed by atoms with E-state index in [2.05, 4.69) is 15.9 Å². The number of rotatable bonds is 7. The first-order valence-corrected chi connectivity index (χ1v) is 7.42. The van der Waals surface area contributed by atoms with Crippen LogP contribution in [0, 0.1) is 11.6 Å². The van der Waals surface area contributed by atoms with E-state index in [9.17, 15) is 13.9 Å². The Morgan fingerprint density at radius 2 is 1.82 bits per heavy atom. The molecule has 2 aromatic carbocycles. The van der Waals surface area contributed by atoms with Crippen molar-refractivity contribution in [2.24, 2.45) is 0 Å². The van der Waals surface area contributed by atoms with Gasteiger partial charge < -0.3 is 14.6 Å². The molecule has 3 nitrogen and oxygen atoms in total. The van der Waals surface area contributed by atoms with Gasteiger partial charge in [-0.1, -0.05) is 34.1 Å². The Morgan fingerprint density at radius 3 is 2.55 bits per heavy atom. The molecule has 0 aliphatic heterocycles. The minimum atomic E-state index is -0.935. The van der Waals surface area contributed by atoms with E-state index in [1.165, 1.54) is 18.2 Å². The van der Waals surface area contributed by atoms with E-state index >= 15 is 0 Å². The average molecular weight is 373 g/mol. The third-order valence-electron chi connectivity index (χ3n) is 2.85. The maximum atomic E-state index is 13.5. The van der Waals surface area contributed by atoms with Gasteiger partial charge >= 0.3 is 0 Å². The van der Waals surface area contributed by atoms with Crippen molar-refractivity contribution in [3.8, 4) is 5.75 Å². The number of halogens is 3. The van der Waals surface area contributed by atoms with Gasteiger partial charge in [-0.2, -0.15) is 0 Å². The van der Waals surface area contributed by atoms with Crippen LogP contribution in [-0.4, -0.2) is 24.4 Å². The molecule has 1 N–H and O–H groups in total. The van der Waals surface area contributed by atoms with E-state index < -0.39 is 11.9 Å². The second kappa shape index (κ2) is 8.22. The van der Waals surface area contributed by atoms with Gasteiger partial charge in [-0.15, -0.1) is 0 Å². The zero-order valence-corrected chi connectivity index (χ0v) is 13.2. The quantitative estimate of drug-likeness (QED) is 0.805. The SMILES string of the molecule is OC(COCc1ccccc1F)COc1ccc(Br)cc1F. The maximum absolute atomic E-state index is 13.5. The van der Waals surface area contributed by atoms with Crippen LogP contribution in [0.25, 0.3) is 0 Å². The monoisotopic (exact) mass is 372 g/mol. The van der Waals surface area contributed by atoms with Gasteiger partial charge in [-0.25, -0.2) is 8.78 Å². The molecular weight excluding hydrogens is 358 g/mol. The smallest absolute Gasteiger partial charge is 0.166 e. The van der Waals surface area contributed by atoms with E-state index in [4.69, 9.17) is 9.47 Å². The Labute approximate surface area is 135 Å². The first-order valence-electron chi connectivity index (χ1n) is 6.63. The van der Waals surface area contributed by atoms with Crippen LogP contribution >= 0.6 is 15.9 Å². The first-order chi connectivity index (χ1) is 10.6. The Bertz CT molecular complexity index is 622. The van der Waals surface area contributed by atoms with Gasteiger partial charge in [0, 0.05) is 10.0 Å². The van der Waals surface area contributed by atoms with Gasteiger partial charge in [-0.05, 0) is 24.3 Å². The first kappa shape index (κ1) is 16.9. The van der Waals surface area contributed by atoms with Crippen molar-refractivity contribution in [1.82, 2.24) is 0 Å². The largest absolute Gasteiger partial charge is 0.488 e. The zero-order valence-electron chi connectivity index (χ0n) is 11.6. The van der Waals surface area contributed by atoms with Crippen molar-refractivity contribution < 1.29 is 23.4 Å². The highest BCUT2D eigenvalue weighted by atomic mass is 79.9. The fourth-order valence-electron chi connectivity index (χ4n) is 1.75. The number of aliphatic hydroxyl groups is 1. The molecule has 1 atom stereocenters. The molecule has 1 unspecified atom stereocenters. The summed E-state index contributed by atoms with van der Waals surface area (Å²) >= 11 is 3.14. The molecule has 2 rings (SSSR count). The van der Waals surface area contributed by atoms with Gasteiger partial charge in [0.05, 0.1) is 13.2 Å². The van der Waals surface area contributed by atoms with Crippen LogP contribution in [0.2, 0.25) is 0 Å². The highest BCUT2D eigenvalue weighted by Gasteiger charge is 2.10. The fraction of sp³-hybridized carbons (Fsp3) is 0.250. The summed E-state index contributed by atoms with van der Waals surface area (Å²) in [5.41, 5.74) is 0.412. The molecular formula is C16H15BrF2O3. The number of benzene rings is 2. The highest BCUT2D eigenvalue weighted by Crippen LogP contribution is 2.21. The molecule has 0 bridgehead atoms. The standard InChI is InChI=1S/C16H15BrF2O3/c17-12-5-6-16(15(19)7-12)22-10-13(20)9-21-8-11-3-1-2-4-14(11)18/h1-7,13,20H,8-10H2. The summed E-state index contributed by atoms with van der Waals surface area (Å²) in [5, 5.41) is 9.73. The van der Waals surface area contributed by atoms with Crippen LogP contribution in [-0.2, 0) is 11.3 Å². The van der Waals surface area contributed by atoms with Crippen molar-refractivity contribution in [2.45, 2.75) is 12.7 Å². The Kier molecular flexibility index (Phi) is 6.30.